The largest absolute Gasteiger partial charge is 0.459 e. The van der Waals surface area contributed by atoms with Gasteiger partial charge in [-0.1, -0.05) is 13.8 Å². The number of rotatable bonds is 4. The molecule has 19 heavy (non-hydrogen) atoms. The molecule has 106 valence electrons. The number of hydrogen-bond donors (Lipinski definition) is 1. The number of primary sulfonamides is 1. The van der Waals surface area contributed by atoms with Crippen molar-refractivity contribution in [3.8, 4) is 0 Å². The molecule has 1 aromatic rings. The van der Waals surface area contributed by atoms with E-state index in [2.05, 4.69) is 0 Å². The Hall–Kier alpha value is -1.47. The van der Waals surface area contributed by atoms with Crippen LogP contribution in [0.2, 0.25) is 0 Å². The topological polar surface area (TPSA) is 86.5 Å². The van der Waals surface area contributed by atoms with E-state index < -0.39 is 33.5 Å². The Bertz CT molecular complexity index is 583. The summed E-state index contributed by atoms with van der Waals surface area (Å²) < 4.78 is 40.9. The molecule has 0 amide bonds. The van der Waals surface area contributed by atoms with Gasteiger partial charge in [0.25, 0.3) is 0 Å². The zero-order chi connectivity index (χ0) is 14.8. The normalized spacial score (nSPS) is 13.4. The molecule has 0 aliphatic heterocycles. The number of esters is 1. The Morgan fingerprint density at radius 2 is 1.89 bits per heavy atom. The predicted octanol–water partition coefficient (Wildman–Crippen LogP) is 1.67. The van der Waals surface area contributed by atoms with Gasteiger partial charge < -0.3 is 4.74 Å². The lowest BCUT2D eigenvalue weighted by Crippen LogP contribution is -2.21. The van der Waals surface area contributed by atoms with Crippen molar-refractivity contribution in [2.45, 2.75) is 31.8 Å². The number of carbonyl (C=O) groups is 1. The standard InChI is InChI=1S/C12H16FNO4S/c1-7(2)8(3)18-12(15)10-6-9(19(14,16)17)4-5-11(10)13/h4-8H,1-3H3,(H2,14,16,17). The molecule has 1 atom stereocenters. The monoisotopic (exact) mass is 289 g/mol. The van der Waals surface area contributed by atoms with E-state index in [1.54, 1.807) is 6.92 Å². The maximum Gasteiger partial charge on any atom is 0.341 e. The number of sulfonamides is 1. The molecule has 5 nitrogen and oxygen atoms in total. The van der Waals surface area contributed by atoms with Crippen LogP contribution in [-0.2, 0) is 14.8 Å². The van der Waals surface area contributed by atoms with Crippen molar-refractivity contribution in [1.29, 1.82) is 0 Å². The SMILES string of the molecule is CC(C)C(C)OC(=O)c1cc(S(N)(=O)=O)ccc1F. The van der Waals surface area contributed by atoms with Gasteiger partial charge in [0.15, 0.2) is 0 Å². The van der Waals surface area contributed by atoms with Gasteiger partial charge in [0.05, 0.1) is 10.5 Å². The lowest BCUT2D eigenvalue weighted by Gasteiger charge is -2.16. The van der Waals surface area contributed by atoms with Crippen molar-refractivity contribution in [2.75, 3.05) is 0 Å². The molecule has 0 aliphatic carbocycles. The maximum atomic E-state index is 13.5. The van der Waals surface area contributed by atoms with Crippen LogP contribution in [0.5, 0.6) is 0 Å². The van der Waals surface area contributed by atoms with Crippen LogP contribution in [-0.4, -0.2) is 20.5 Å². The third-order valence-corrected chi connectivity index (χ3v) is 3.63. The summed E-state index contributed by atoms with van der Waals surface area (Å²) in [7, 11) is -3.99. The number of carbonyl (C=O) groups excluding carboxylic acids is 1. The molecular formula is C12H16FNO4S. The van der Waals surface area contributed by atoms with Crippen LogP contribution in [0.3, 0.4) is 0 Å². The number of halogens is 1. The van der Waals surface area contributed by atoms with Crippen LogP contribution in [0.4, 0.5) is 4.39 Å². The van der Waals surface area contributed by atoms with Crippen molar-refractivity contribution >= 4 is 16.0 Å². The van der Waals surface area contributed by atoms with Gasteiger partial charge in [0.2, 0.25) is 10.0 Å². The summed E-state index contributed by atoms with van der Waals surface area (Å²) in [6.07, 6.45) is -0.412. The second-order valence-electron chi connectivity index (χ2n) is 4.54. The maximum absolute atomic E-state index is 13.5. The van der Waals surface area contributed by atoms with E-state index in [1.807, 2.05) is 13.8 Å². The first-order valence-electron chi connectivity index (χ1n) is 5.66. The highest BCUT2D eigenvalue weighted by molar-refractivity contribution is 7.89. The summed E-state index contributed by atoms with van der Waals surface area (Å²) in [6.45, 7) is 5.36. The molecule has 0 radical (unpaired) electrons. The summed E-state index contributed by atoms with van der Waals surface area (Å²) in [5.74, 6) is -1.70. The van der Waals surface area contributed by atoms with E-state index in [9.17, 15) is 17.6 Å². The van der Waals surface area contributed by atoms with Crippen LogP contribution in [0.1, 0.15) is 31.1 Å². The first-order chi connectivity index (χ1) is 8.62. The van der Waals surface area contributed by atoms with Crippen LogP contribution in [0, 0.1) is 11.7 Å². The highest BCUT2D eigenvalue weighted by atomic mass is 32.2. The second-order valence-corrected chi connectivity index (χ2v) is 6.10. The molecule has 1 rings (SSSR count). The summed E-state index contributed by atoms with van der Waals surface area (Å²) in [4.78, 5) is 11.4. The molecule has 1 aromatic carbocycles. The second kappa shape index (κ2) is 5.66. The van der Waals surface area contributed by atoms with E-state index in [0.717, 1.165) is 18.2 Å². The highest BCUT2D eigenvalue weighted by Gasteiger charge is 2.20. The van der Waals surface area contributed by atoms with E-state index >= 15 is 0 Å². The highest BCUT2D eigenvalue weighted by Crippen LogP contribution is 2.17. The van der Waals surface area contributed by atoms with Gasteiger partial charge >= 0.3 is 5.97 Å². The third-order valence-electron chi connectivity index (χ3n) is 2.72. The van der Waals surface area contributed by atoms with Gasteiger partial charge in [-0.2, -0.15) is 0 Å². The minimum absolute atomic E-state index is 0.0634. The molecule has 0 heterocycles. The molecule has 1 unspecified atom stereocenters. The summed E-state index contributed by atoms with van der Waals surface area (Å²) >= 11 is 0. The Labute approximate surface area is 111 Å². The minimum atomic E-state index is -3.99. The number of benzene rings is 1. The molecule has 0 spiro atoms. The molecule has 0 saturated carbocycles. The van der Waals surface area contributed by atoms with Crippen LogP contribution < -0.4 is 5.14 Å². The number of hydrogen-bond acceptors (Lipinski definition) is 4. The first-order valence-corrected chi connectivity index (χ1v) is 7.21. The van der Waals surface area contributed by atoms with Gasteiger partial charge in [-0.3, -0.25) is 0 Å². The van der Waals surface area contributed by atoms with Gasteiger partial charge in [-0.05, 0) is 31.0 Å². The van der Waals surface area contributed by atoms with Crippen molar-refractivity contribution in [3.05, 3.63) is 29.6 Å². The van der Waals surface area contributed by atoms with Gasteiger partial charge in [0.1, 0.15) is 11.9 Å². The predicted molar refractivity (Wildman–Crippen MR) is 67.5 cm³/mol. The third kappa shape index (κ3) is 4.00. The molecule has 0 saturated heterocycles. The molecule has 0 aromatic heterocycles. The first kappa shape index (κ1) is 15.6. The molecule has 0 aliphatic rings. The van der Waals surface area contributed by atoms with E-state index in [4.69, 9.17) is 9.88 Å². The van der Waals surface area contributed by atoms with E-state index in [-0.39, 0.29) is 10.8 Å². The van der Waals surface area contributed by atoms with Gasteiger partial charge in [-0.25, -0.2) is 22.7 Å². The Balaban J connectivity index is 3.10. The zero-order valence-corrected chi connectivity index (χ0v) is 11.7. The van der Waals surface area contributed by atoms with Crippen molar-refractivity contribution in [1.82, 2.24) is 0 Å². The number of ether oxygens (including phenoxy) is 1. The smallest absolute Gasteiger partial charge is 0.341 e. The molecule has 0 bridgehead atoms. The molecule has 0 fully saturated rings. The van der Waals surface area contributed by atoms with Crippen LogP contribution >= 0.6 is 0 Å². The lowest BCUT2D eigenvalue weighted by molar-refractivity contribution is 0.0232. The van der Waals surface area contributed by atoms with Crippen molar-refractivity contribution in [3.63, 3.8) is 0 Å². The average molecular weight is 289 g/mol. The van der Waals surface area contributed by atoms with Crippen LogP contribution in [0.25, 0.3) is 0 Å². The molecule has 7 heteroatoms. The van der Waals surface area contributed by atoms with E-state index in [1.165, 1.54) is 0 Å². The Kier molecular flexibility index (Phi) is 4.65. The lowest BCUT2D eigenvalue weighted by atomic mass is 10.1. The van der Waals surface area contributed by atoms with Gasteiger partial charge in [-0.15, -0.1) is 0 Å². The molecular weight excluding hydrogens is 273 g/mol. The Morgan fingerprint density at radius 3 is 2.37 bits per heavy atom. The summed E-state index contributed by atoms with van der Waals surface area (Å²) in [5.41, 5.74) is -0.445. The quantitative estimate of drug-likeness (QED) is 0.854. The van der Waals surface area contributed by atoms with E-state index in [0.29, 0.717) is 0 Å². The fourth-order valence-corrected chi connectivity index (χ4v) is 1.75. The summed E-state index contributed by atoms with van der Waals surface area (Å²) in [5, 5.41) is 4.92. The number of nitrogens with two attached hydrogens (primary N) is 1. The van der Waals surface area contributed by atoms with Crippen LogP contribution in [0.15, 0.2) is 23.1 Å². The fourth-order valence-electron chi connectivity index (χ4n) is 1.21. The fraction of sp³-hybridized carbons (Fsp3) is 0.417. The minimum Gasteiger partial charge on any atom is -0.459 e. The van der Waals surface area contributed by atoms with Crippen molar-refractivity contribution < 1.29 is 22.3 Å². The van der Waals surface area contributed by atoms with Crippen molar-refractivity contribution in [2.24, 2.45) is 11.1 Å². The summed E-state index contributed by atoms with van der Waals surface area (Å²) in [6, 6.07) is 2.74. The Morgan fingerprint density at radius 1 is 1.32 bits per heavy atom. The van der Waals surface area contributed by atoms with Gasteiger partial charge in [0, 0.05) is 0 Å². The average Bonchev–Trinajstić information content (AvgIpc) is 2.27. The zero-order valence-electron chi connectivity index (χ0n) is 10.9. The molecule has 2 N–H and O–H groups in total.